The van der Waals surface area contributed by atoms with E-state index < -0.39 is 46.4 Å². The molecule has 1 aromatic carbocycles. The van der Waals surface area contributed by atoms with Gasteiger partial charge in [-0.2, -0.15) is 13.2 Å². The van der Waals surface area contributed by atoms with Crippen molar-refractivity contribution in [3.8, 4) is 0 Å². The molecule has 1 aliphatic carbocycles. The summed E-state index contributed by atoms with van der Waals surface area (Å²) in [5.74, 6) is -5.71. The maximum absolute atomic E-state index is 13.1. The van der Waals surface area contributed by atoms with Gasteiger partial charge in [0, 0.05) is 11.1 Å². The highest BCUT2D eigenvalue weighted by atomic mass is 19.4. The van der Waals surface area contributed by atoms with E-state index in [1.54, 1.807) is 0 Å². The van der Waals surface area contributed by atoms with Gasteiger partial charge in [0.15, 0.2) is 11.5 Å². The zero-order chi connectivity index (χ0) is 16.9. The number of ketones is 2. The van der Waals surface area contributed by atoms with Crippen LogP contribution in [0, 0.1) is 0 Å². The van der Waals surface area contributed by atoms with Gasteiger partial charge >= 0.3 is 12.1 Å². The second kappa shape index (κ2) is 4.80. The summed E-state index contributed by atoms with van der Waals surface area (Å²) in [6.45, 7) is 0. The molecule has 0 atom stereocenters. The summed E-state index contributed by atoms with van der Waals surface area (Å²) in [6.07, 6.45) is -5.06. The van der Waals surface area contributed by atoms with Gasteiger partial charge in [-0.15, -0.1) is 0 Å². The molecule has 118 valence electrons. The van der Waals surface area contributed by atoms with Gasteiger partial charge in [-0.05, 0) is 0 Å². The van der Waals surface area contributed by atoms with Gasteiger partial charge in [-0.25, -0.2) is 4.79 Å². The molecule has 0 bridgehead atoms. The van der Waals surface area contributed by atoms with Crippen LogP contribution >= 0.6 is 0 Å². The molecule has 1 heterocycles. The summed E-state index contributed by atoms with van der Waals surface area (Å²) >= 11 is 0. The minimum absolute atomic E-state index is 0.0797. The maximum atomic E-state index is 13.1. The van der Waals surface area contributed by atoms with Crippen molar-refractivity contribution in [3.63, 3.8) is 0 Å². The Kier molecular flexibility index (Phi) is 3.13. The molecule has 0 amide bonds. The van der Waals surface area contributed by atoms with E-state index in [1.165, 1.54) is 24.3 Å². The van der Waals surface area contributed by atoms with Gasteiger partial charge < -0.3 is 9.15 Å². The molecule has 0 N–H and O–H groups in total. The minimum Gasteiger partial charge on any atom is -0.465 e. The Bertz CT molecular complexity index is 860. The molecule has 2 aromatic rings. The summed E-state index contributed by atoms with van der Waals surface area (Å²) in [7, 11) is 0.866. The Balaban J connectivity index is 2.36. The molecule has 0 spiro atoms. The minimum atomic E-state index is -5.06. The van der Waals surface area contributed by atoms with E-state index in [0.29, 0.717) is 0 Å². The SMILES string of the molecule is COC(=O)c1c(C(F)(F)F)oc2c1C(=O)c1ccccc1C2=O. The molecule has 8 heteroatoms. The maximum Gasteiger partial charge on any atom is 0.450 e. The predicted molar refractivity (Wildman–Crippen MR) is 68.4 cm³/mol. The topological polar surface area (TPSA) is 73.6 Å². The summed E-state index contributed by atoms with van der Waals surface area (Å²) in [5.41, 5.74) is -1.97. The number of hydrogen-bond donors (Lipinski definition) is 0. The van der Waals surface area contributed by atoms with Gasteiger partial charge in [-0.3, -0.25) is 9.59 Å². The predicted octanol–water partition coefficient (Wildman–Crippen LogP) is 2.86. The van der Waals surface area contributed by atoms with Crippen LogP contribution in [0.4, 0.5) is 13.2 Å². The monoisotopic (exact) mass is 324 g/mol. The van der Waals surface area contributed by atoms with Crippen LogP contribution in [0.3, 0.4) is 0 Å². The summed E-state index contributed by atoms with van der Waals surface area (Å²) in [6, 6.07) is 5.51. The molecule has 1 aromatic heterocycles. The van der Waals surface area contributed by atoms with Gasteiger partial charge in [0.2, 0.25) is 11.5 Å². The van der Waals surface area contributed by atoms with Gasteiger partial charge in [-0.1, -0.05) is 24.3 Å². The first-order chi connectivity index (χ1) is 10.8. The van der Waals surface area contributed by atoms with Crippen LogP contribution in [-0.4, -0.2) is 24.6 Å². The number of fused-ring (bicyclic) bond motifs is 2. The van der Waals surface area contributed by atoms with Crippen molar-refractivity contribution < 1.29 is 36.7 Å². The lowest BCUT2D eigenvalue weighted by Crippen LogP contribution is -2.22. The number of furan rings is 1. The number of esters is 1. The molecule has 5 nitrogen and oxygen atoms in total. The van der Waals surface area contributed by atoms with Crippen molar-refractivity contribution >= 4 is 17.5 Å². The third-order valence-electron chi connectivity index (χ3n) is 3.40. The van der Waals surface area contributed by atoms with Crippen molar-refractivity contribution in [1.82, 2.24) is 0 Å². The average molecular weight is 324 g/mol. The number of rotatable bonds is 1. The summed E-state index contributed by atoms with van der Waals surface area (Å²) in [4.78, 5) is 36.5. The lowest BCUT2D eigenvalue weighted by molar-refractivity contribution is -0.153. The highest BCUT2D eigenvalue weighted by molar-refractivity contribution is 6.29. The van der Waals surface area contributed by atoms with Crippen LogP contribution in [-0.2, 0) is 10.9 Å². The Morgan fingerprint density at radius 2 is 1.65 bits per heavy atom. The number of alkyl halides is 3. The Hall–Kier alpha value is -2.90. The number of halogens is 3. The number of carbonyl (C=O) groups is 3. The van der Waals surface area contributed by atoms with E-state index in [2.05, 4.69) is 9.15 Å². The van der Waals surface area contributed by atoms with Crippen molar-refractivity contribution in [2.24, 2.45) is 0 Å². The third kappa shape index (κ3) is 2.06. The summed E-state index contributed by atoms with van der Waals surface area (Å²) < 4.78 is 48.1. The van der Waals surface area contributed by atoms with Crippen molar-refractivity contribution in [2.75, 3.05) is 7.11 Å². The lowest BCUT2D eigenvalue weighted by Gasteiger charge is -2.13. The first-order valence-electron chi connectivity index (χ1n) is 6.28. The van der Waals surface area contributed by atoms with E-state index in [-0.39, 0.29) is 11.1 Å². The molecule has 0 saturated carbocycles. The van der Waals surface area contributed by atoms with Gasteiger partial charge in [0.25, 0.3) is 0 Å². The number of carbonyl (C=O) groups excluding carboxylic acids is 3. The fourth-order valence-electron chi connectivity index (χ4n) is 2.44. The Morgan fingerprint density at radius 1 is 1.09 bits per heavy atom. The fourth-order valence-corrected chi connectivity index (χ4v) is 2.44. The van der Waals surface area contributed by atoms with Crippen LogP contribution in [0.5, 0.6) is 0 Å². The average Bonchev–Trinajstić information content (AvgIpc) is 2.93. The molecule has 0 fully saturated rings. The lowest BCUT2D eigenvalue weighted by atomic mass is 9.86. The molecule has 0 aliphatic heterocycles. The van der Waals surface area contributed by atoms with E-state index >= 15 is 0 Å². The molecular formula is C15H7F3O5. The van der Waals surface area contributed by atoms with Gasteiger partial charge in [0.1, 0.15) is 5.56 Å². The van der Waals surface area contributed by atoms with Crippen molar-refractivity contribution in [3.05, 3.63) is 58.0 Å². The highest BCUT2D eigenvalue weighted by Gasteiger charge is 2.48. The standard InChI is InChI=1S/C15H7F3O5/c1-22-14(21)9-8-10(19)6-4-2-3-5-7(6)11(20)12(8)23-13(9)15(16,17)18/h2-5H,1H3. The first-order valence-corrected chi connectivity index (χ1v) is 6.28. The van der Waals surface area contributed by atoms with E-state index in [1.807, 2.05) is 0 Å². The first kappa shape index (κ1) is 15.0. The van der Waals surface area contributed by atoms with Crippen LogP contribution in [0.25, 0.3) is 0 Å². The second-order valence-electron chi connectivity index (χ2n) is 4.70. The van der Waals surface area contributed by atoms with Crippen LogP contribution in [0.1, 0.15) is 48.2 Å². The normalized spacial score (nSPS) is 13.6. The molecule has 23 heavy (non-hydrogen) atoms. The molecule has 3 rings (SSSR count). The fraction of sp³-hybridized carbons (Fsp3) is 0.133. The second-order valence-corrected chi connectivity index (χ2v) is 4.70. The zero-order valence-electron chi connectivity index (χ0n) is 11.5. The smallest absolute Gasteiger partial charge is 0.450 e. The number of benzene rings is 1. The number of methoxy groups -OCH3 is 1. The quantitative estimate of drug-likeness (QED) is 0.644. The van der Waals surface area contributed by atoms with Crippen LogP contribution in [0.15, 0.2) is 28.7 Å². The Labute approximate surface area is 126 Å². The molecule has 0 radical (unpaired) electrons. The molecular weight excluding hydrogens is 317 g/mol. The van der Waals surface area contributed by atoms with Crippen LogP contribution in [0.2, 0.25) is 0 Å². The van der Waals surface area contributed by atoms with Crippen molar-refractivity contribution in [2.45, 2.75) is 6.18 Å². The van der Waals surface area contributed by atoms with Crippen LogP contribution < -0.4 is 0 Å². The van der Waals surface area contributed by atoms with Crippen molar-refractivity contribution in [1.29, 1.82) is 0 Å². The number of hydrogen-bond acceptors (Lipinski definition) is 5. The summed E-state index contributed by atoms with van der Waals surface area (Å²) in [5, 5.41) is 0. The number of ether oxygens (including phenoxy) is 1. The van der Waals surface area contributed by atoms with E-state index in [0.717, 1.165) is 7.11 Å². The van der Waals surface area contributed by atoms with E-state index in [9.17, 15) is 27.6 Å². The Morgan fingerprint density at radius 3 is 2.17 bits per heavy atom. The van der Waals surface area contributed by atoms with E-state index in [4.69, 9.17) is 0 Å². The largest absolute Gasteiger partial charge is 0.465 e. The molecule has 1 aliphatic rings. The van der Waals surface area contributed by atoms with Gasteiger partial charge in [0.05, 0.1) is 12.7 Å². The molecule has 0 unspecified atom stereocenters. The highest BCUT2D eigenvalue weighted by Crippen LogP contribution is 2.40. The molecule has 0 saturated heterocycles. The third-order valence-corrected chi connectivity index (χ3v) is 3.40. The zero-order valence-corrected chi connectivity index (χ0v) is 11.5.